The maximum Gasteiger partial charge on any atom is 0.261 e. The minimum absolute atomic E-state index is 0.0442. The Kier molecular flexibility index (Phi) is 5.11. The summed E-state index contributed by atoms with van der Waals surface area (Å²) in [5, 5.41) is 5.27. The number of carbonyl (C=O) groups is 1. The number of rotatable bonds is 5. The van der Waals surface area contributed by atoms with Crippen LogP contribution in [-0.4, -0.2) is 26.9 Å². The maximum absolute atomic E-state index is 12.4. The van der Waals surface area contributed by atoms with E-state index in [0.717, 1.165) is 27.4 Å². The van der Waals surface area contributed by atoms with E-state index >= 15 is 0 Å². The zero-order valence-electron chi connectivity index (χ0n) is 15.3. The fourth-order valence-electron chi connectivity index (χ4n) is 2.75. The number of nitrogens with zero attached hydrogens (tertiary/aromatic N) is 3. The SMILES string of the molecule is CC[C@@H](C)NC(=O)c1cc2c(ccc3nc(Oc4cc(Cl)ncn4)ccc32)s1. The number of pyridine rings is 1. The van der Waals surface area contributed by atoms with Gasteiger partial charge in [0, 0.05) is 33.6 Å². The second kappa shape index (κ2) is 7.69. The molecule has 3 heterocycles. The van der Waals surface area contributed by atoms with Crippen molar-refractivity contribution in [1.29, 1.82) is 0 Å². The Morgan fingerprint density at radius 2 is 2.04 bits per heavy atom. The van der Waals surface area contributed by atoms with Crippen molar-refractivity contribution < 1.29 is 9.53 Å². The second-order valence-corrected chi connectivity index (χ2v) is 7.84. The first-order valence-corrected chi connectivity index (χ1v) is 10.0. The van der Waals surface area contributed by atoms with Crippen molar-refractivity contribution in [1.82, 2.24) is 20.3 Å². The van der Waals surface area contributed by atoms with Gasteiger partial charge in [0.05, 0.1) is 10.4 Å². The molecule has 8 heteroatoms. The van der Waals surface area contributed by atoms with Gasteiger partial charge in [0.15, 0.2) is 0 Å². The van der Waals surface area contributed by atoms with E-state index in [1.54, 1.807) is 6.07 Å². The molecule has 28 heavy (non-hydrogen) atoms. The van der Waals surface area contributed by atoms with Gasteiger partial charge in [0.2, 0.25) is 11.8 Å². The molecule has 3 aromatic heterocycles. The molecule has 4 rings (SSSR count). The largest absolute Gasteiger partial charge is 0.421 e. The molecule has 1 N–H and O–H groups in total. The monoisotopic (exact) mass is 412 g/mol. The van der Waals surface area contributed by atoms with Crippen LogP contribution in [0, 0.1) is 0 Å². The Hall–Kier alpha value is -2.77. The minimum Gasteiger partial charge on any atom is -0.421 e. The van der Waals surface area contributed by atoms with Crippen LogP contribution in [0.25, 0.3) is 21.0 Å². The van der Waals surface area contributed by atoms with E-state index in [9.17, 15) is 4.79 Å². The Morgan fingerprint density at radius 1 is 1.18 bits per heavy atom. The van der Waals surface area contributed by atoms with Crippen molar-refractivity contribution in [2.75, 3.05) is 0 Å². The van der Waals surface area contributed by atoms with Crippen LogP contribution >= 0.6 is 22.9 Å². The third-order valence-electron chi connectivity index (χ3n) is 4.37. The standard InChI is InChI=1S/C20H17ClN4O2S/c1-3-11(2)24-20(26)16-8-13-12-4-7-18(25-14(12)5-6-15(13)28-16)27-19-9-17(21)22-10-23-19/h4-11H,3H2,1-2H3,(H,24,26)/t11-/m1/s1. The van der Waals surface area contributed by atoms with E-state index in [4.69, 9.17) is 16.3 Å². The van der Waals surface area contributed by atoms with Crippen molar-refractivity contribution in [3.05, 3.63) is 52.8 Å². The van der Waals surface area contributed by atoms with E-state index in [-0.39, 0.29) is 11.9 Å². The number of hydrogen-bond donors (Lipinski definition) is 1. The molecule has 0 saturated carbocycles. The number of amides is 1. The summed E-state index contributed by atoms with van der Waals surface area (Å²) in [6.07, 6.45) is 2.23. The molecular formula is C20H17ClN4O2S. The van der Waals surface area contributed by atoms with E-state index in [2.05, 4.69) is 20.3 Å². The number of benzene rings is 1. The van der Waals surface area contributed by atoms with Crippen molar-refractivity contribution in [3.8, 4) is 11.8 Å². The molecule has 0 fully saturated rings. The van der Waals surface area contributed by atoms with Gasteiger partial charge in [-0.2, -0.15) is 0 Å². The topological polar surface area (TPSA) is 77.0 Å². The lowest BCUT2D eigenvalue weighted by Gasteiger charge is -2.09. The Balaban J connectivity index is 1.67. The summed E-state index contributed by atoms with van der Waals surface area (Å²) in [4.78, 5) is 25.5. The molecule has 0 aliphatic carbocycles. The normalized spacial score (nSPS) is 12.2. The summed E-state index contributed by atoms with van der Waals surface area (Å²) in [7, 11) is 0. The highest BCUT2D eigenvalue weighted by molar-refractivity contribution is 7.21. The van der Waals surface area contributed by atoms with Crippen LogP contribution in [0.15, 0.2) is 42.7 Å². The fourth-order valence-corrected chi connectivity index (χ4v) is 3.87. The molecule has 0 unspecified atom stereocenters. The zero-order chi connectivity index (χ0) is 19.7. The van der Waals surface area contributed by atoms with E-state index in [1.807, 2.05) is 38.1 Å². The number of fused-ring (bicyclic) bond motifs is 3. The van der Waals surface area contributed by atoms with Crippen molar-refractivity contribution in [2.24, 2.45) is 0 Å². The Bertz CT molecular complexity index is 1180. The van der Waals surface area contributed by atoms with Crippen molar-refractivity contribution in [3.63, 3.8) is 0 Å². The summed E-state index contributed by atoms with van der Waals surface area (Å²) in [5.41, 5.74) is 0.775. The van der Waals surface area contributed by atoms with Gasteiger partial charge in [0.25, 0.3) is 5.91 Å². The van der Waals surface area contributed by atoms with E-state index in [1.165, 1.54) is 23.7 Å². The molecule has 0 saturated heterocycles. The number of thiophene rings is 1. The average Bonchev–Trinajstić information content (AvgIpc) is 3.12. The lowest BCUT2D eigenvalue weighted by Crippen LogP contribution is -2.31. The zero-order valence-corrected chi connectivity index (χ0v) is 16.8. The summed E-state index contributed by atoms with van der Waals surface area (Å²) in [6.45, 7) is 4.04. The number of aromatic nitrogens is 3. The smallest absolute Gasteiger partial charge is 0.261 e. The lowest BCUT2D eigenvalue weighted by molar-refractivity contribution is 0.0943. The first kappa shape index (κ1) is 18.6. The van der Waals surface area contributed by atoms with Crippen LogP contribution in [0.2, 0.25) is 5.15 Å². The molecule has 0 radical (unpaired) electrons. The second-order valence-electron chi connectivity index (χ2n) is 6.37. The molecule has 0 aliphatic rings. The van der Waals surface area contributed by atoms with Crippen LogP contribution in [0.3, 0.4) is 0 Å². The molecule has 0 spiro atoms. The van der Waals surface area contributed by atoms with Crippen LogP contribution in [0.5, 0.6) is 11.8 Å². The van der Waals surface area contributed by atoms with Crippen LogP contribution < -0.4 is 10.1 Å². The van der Waals surface area contributed by atoms with Crippen molar-refractivity contribution in [2.45, 2.75) is 26.3 Å². The summed E-state index contributed by atoms with van der Waals surface area (Å²) < 4.78 is 6.71. The molecule has 0 aliphatic heterocycles. The predicted molar refractivity (Wildman–Crippen MR) is 111 cm³/mol. The number of carbonyl (C=O) groups excluding carboxylic acids is 1. The Labute approximate surface area is 170 Å². The average molecular weight is 413 g/mol. The summed E-state index contributed by atoms with van der Waals surface area (Å²) in [6, 6.07) is 11.2. The number of halogens is 1. The molecule has 142 valence electrons. The molecule has 1 aromatic carbocycles. The maximum atomic E-state index is 12.4. The first-order valence-electron chi connectivity index (χ1n) is 8.83. The van der Waals surface area contributed by atoms with E-state index < -0.39 is 0 Å². The fraction of sp³-hybridized carbons (Fsp3) is 0.200. The van der Waals surface area contributed by atoms with Gasteiger partial charge in [-0.15, -0.1) is 11.3 Å². The highest BCUT2D eigenvalue weighted by Crippen LogP contribution is 2.33. The highest BCUT2D eigenvalue weighted by Gasteiger charge is 2.14. The molecule has 1 atom stereocenters. The Morgan fingerprint density at radius 3 is 2.82 bits per heavy atom. The number of nitrogens with one attached hydrogen (secondary N) is 1. The molecule has 4 aromatic rings. The quantitative estimate of drug-likeness (QED) is 0.455. The third kappa shape index (κ3) is 3.76. The summed E-state index contributed by atoms with van der Waals surface area (Å²) >= 11 is 7.34. The van der Waals surface area contributed by atoms with E-state index in [0.29, 0.717) is 21.8 Å². The number of hydrogen-bond acceptors (Lipinski definition) is 6. The minimum atomic E-state index is -0.0442. The van der Waals surface area contributed by atoms with Gasteiger partial charge in [-0.25, -0.2) is 15.0 Å². The van der Waals surface area contributed by atoms with Gasteiger partial charge in [0.1, 0.15) is 11.5 Å². The van der Waals surface area contributed by atoms with Gasteiger partial charge in [-0.05, 0) is 37.6 Å². The molecule has 0 bridgehead atoms. The van der Waals surface area contributed by atoms with Gasteiger partial charge < -0.3 is 10.1 Å². The molecule has 6 nitrogen and oxygen atoms in total. The highest BCUT2D eigenvalue weighted by atomic mass is 35.5. The summed E-state index contributed by atoms with van der Waals surface area (Å²) in [5.74, 6) is 0.691. The third-order valence-corrected chi connectivity index (χ3v) is 5.68. The van der Waals surface area contributed by atoms with Crippen LogP contribution in [0.1, 0.15) is 29.9 Å². The number of ether oxygens (including phenoxy) is 1. The predicted octanol–water partition coefficient (Wildman–Crippen LogP) is 5.21. The molecular weight excluding hydrogens is 396 g/mol. The van der Waals surface area contributed by atoms with Gasteiger partial charge in [-0.3, -0.25) is 4.79 Å². The molecule has 1 amide bonds. The lowest BCUT2D eigenvalue weighted by atomic mass is 10.1. The van der Waals surface area contributed by atoms with Gasteiger partial charge >= 0.3 is 0 Å². The van der Waals surface area contributed by atoms with Crippen molar-refractivity contribution >= 4 is 49.8 Å². The van der Waals surface area contributed by atoms with Crippen LogP contribution in [0.4, 0.5) is 0 Å². The van der Waals surface area contributed by atoms with Crippen LogP contribution in [-0.2, 0) is 0 Å². The van der Waals surface area contributed by atoms with Gasteiger partial charge in [-0.1, -0.05) is 18.5 Å². The first-order chi connectivity index (χ1) is 13.5.